The van der Waals surface area contributed by atoms with Crippen LogP contribution in [0, 0.1) is 13.8 Å². The summed E-state index contributed by atoms with van der Waals surface area (Å²) in [7, 11) is 0. The van der Waals surface area contributed by atoms with Crippen LogP contribution in [-0.4, -0.2) is 0 Å². The van der Waals surface area contributed by atoms with Crippen LogP contribution in [0.2, 0.25) is 0 Å². The Bertz CT molecular complexity index is 395. The van der Waals surface area contributed by atoms with E-state index < -0.39 is 0 Å². The van der Waals surface area contributed by atoms with Crippen molar-refractivity contribution in [2.45, 2.75) is 13.8 Å². The number of aryl methyl sites for hydroxylation is 2. The van der Waals surface area contributed by atoms with Gasteiger partial charge < -0.3 is 0 Å². The average molecular weight is 188 g/mol. The minimum Gasteiger partial charge on any atom is -0.144 e. The second kappa shape index (κ2) is 3.35. The van der Waals surface area contributed by atoms with Crippen molar-refractivity contribution in [2.75, 3.05) is 0 Å². The van der Waals surface area contributed by atoms with Crippen LogP contribution in [0.3, 0.4) is 0 Å². The molecule has 0 nitrogen and oxygen atoms in total. The molecule has 1 heteroatoms. The molecule has 0 fully saturated rings. The van der Waals surface area contributed by atoms with E-state index in [2.05, 4.69) is 49.6 Å². The van der Waals surface area contributed by atoms with Crippen molar-refractivity contribution >= 4 is 11.3 Å². The lowest BCUT2D eigenvalue weighted by molar-refractivity contribution is 1.47. The molecule has 0 unspecified atom stereocenters. The van der Waals surface area contributed by atoms with Gasteiger partial charge in [0.15, 0.2) is 0 Å². The van der Waals surface area contributed by atoms with Gasteiger partial charge in [-0.05, 0) is 36.4 Å². The Morgan fingerprint density at radius 3 is 2.15 bits per heavy atom. The van der Waals surface area contributed by atoms with E-state index >= 15 is 0 Å². The van der Waals surface area contributed by atoms with E-state index in [1.54, 1.807) is 0 Å². The van der Waals surface area contributed by atoms with Crippen LogP contribution in [0.4, 0.5) is 0 Å². The minimum absolute atomic E-state index is 1.32. The van der Waals surface area contributed by atoms with Gasteiger partial charge in [-0.25, -0.2) is 0 Å². The molecule has 13 heavy (non-hydrogen) atoms. The molecule has 1 aromatic heterocycles. The van der Waals surface area contributed by atoms with E-state index in [4.69, 9.17) is 0 Å². The van der Waals surface area contributed by atoms with Gasteiger partial charge in [-0.15, -0.1) is 11.3 Å². The fourth-order valence-corrected chi connectivity index (χ4v) is 2.21. The Labute approximate surface area is 82.9 Å². The summed E-state index contributed by atoms with van der Waals surface area (Å²) in [6, 6.07) is 10.9. The molecule has 66 valence electrons. The lowest BCUT2D eigenvalue weighted by Gasteiger charge is -1.96. The van der Waals surface area contributed by atoms with Gasteiger partial charge in [0.25, 0.3) is 0 Å². The van der Waals surface area contributed by atoms with Crippen LogP contribution in [0.25, 0.3) is 10.4 Å². The van der Waals surface area contributed by atoms with Crippen molar-refractivity contribution in [3.63, 3.8) is 0 Å². The molecular weight excluding hydrogens is 176 g/mol. The standard InChI is InChI=1S/C12H12S/c1-9-3-5-11(6-4-9)12-7-10(2)8-13-12/h3-8H,1-2H3. The highest BCUT2D eigenvalue weighted by Gasteiger charge is 1.98. The first-order valence-corrected chi connectivity index (χ1v) is 5.26. The monoisotopic (exact) mass is 188 g/mol. The van der Waals surface area contributed by atoms with Gasteiger partial charge in [-0.2, -0.15) is 0 Å². The van der Waals surface area contributed by atoms with Crippen LogP contribution in [0.5, 0.6) is 0 Å². The van der Waals surface area contributed by atoms with Crippen molar-refractivity contribution in [1.82, 2.24) is 0 Å². The molecule has 0 atom stereocenters. The average Bonchev–Trinajstić information content (AvgIpc) is 2.53. The molecule has 2 aromatic rings. The van der Waals surface area contributed by atoms with Crippen molar-refractivity contribution in [2.24, 2.45) is 0 Å². The minimum atomic E-state index is 1.32. The summed E-state index contributed by atoms with van der Waals surface area (Å²) in [5.74, 6) is 0. The van der Waals surface area contributed by atoms with E-state index in [0.717, 1.165) is 0 Å². The van der Waals surface area contributed by atoms with Crippen molar-refractivity contribution in [3.05, 3.63) is 46.8 Å². The van der Waals surface area contributed by atoms with Crippen molar-refractivity contribution < 1.29 is 0 Å². The maximum Gasteiger partial charge on any atom is 0.0345 e. The molecule has 0 aliphatic carbocycles. The normalized spacial score (nSPS) is 10.3. The number of hydrogen-bond donors (Lipinski definition) is 0. The summed E-state index contributed by atoms with van der Waals surface area (Å²) >= 11 is 1.81. The summed E-state index contributed by atoms with van der Waals surface area (Å²) in [5, 5.41) is 2.19. The van der Waals surface area contributed by atoms with E-state index in [0.29, 0.717) is 0 Å². The molecular formula is C12H12S. The Balaban J connectivity index is 2.41. The molecule has 0 aliphatic heterocycles. The van der Waals surface area contributed by atoms with Crippen LogP contribution in [0.15, 0.2) is 35.7 Å². The predicted molar refractivity (Wildman–Crippen MR) is 59.2 cm³/mol. The first-order valence-electron chi connectivity index (χ1n) is 4.38. The van der Waals surface area contributed by atoms with Crippen LogP contribution in [-0.2, 0) is 0 Å². The summed E-state index contributed by atoms with van der Waals surface area (Å²) in [6.45, 7) is 4.25. The molecule has 0 radical (unpaired) electrons. The van der Waals surface area contributed by atoms with Gasteiger partial charge in [-0.1, -0.05) is 29.8 Å². The molecule has 1 aromatic carbocycles. The molecule has 0 N–H and O–H groups in total. The molecule has 0 saturated heterocycles. The molecule has 0 bridgehead atoms. The summed E-state index contributed by atoms with van der Waals surface area (Å²) in [4.78, 5) is 1.36. The highest BCUT2D eigenvalue weighted by molar-refractivity contribution is 7.13. The number of rotatable bonds is 1. The third kappa shape index (κ3) is 1.81. The summed E-state index contributed by atoms with van der Waals surface area (Å²) in [5.41, 5.74) is 3.99. The lowest BCUT2D eigenvalue weighted by Crippen LogP contribution is -1.73. The van der Waals surface area contributed by atoms with Gasteiger partial charge in [0.2, 0.25) is 0 Å². The smallest absolute Gasteiger partial charge is 0.0345 e. The van der Waals surface area contributed by atoms with Gasteiger partial charge >= 0.3 is 0 Å². The van der Waals surface area contributed by atoms with Crippen LogP contribution in [0.1, 0.15) is 11.1 Å². The number of hydrogen-bond acceptors (Lipinski definition) is 1. The Kier molecular flexibility index (Phi) is 2.19. The molecule has 0 spiro atoms. The maximum absolute atomic E-state index is 2.23. The summed E-state index contributed by atoms with van der Waals surface area (Å²) < 4.78 is 0. The van der Waals surface area contributed by atoms with Gasteiger partial charge in [0.1, 0.15) is 0 Å². The van der Waals surface area contributed by atoms with Crippen LogP contribution < -0.4 is 0 Å². The topological polar surface area (TPSA) is 0 Å². The Morgan fingerprint density at radius 1 is 0.923 bits per heavy atom. The predicted octanol–water partition coefficient (Wildman–Crippen LogP) is 4.03. The van der Waals surface area contributed by atoms with E-state index in [-0.39, 0.29) is 0 Å². The van der Waals surface area contributed by atoms with E-state index in [1.165, 1.54) is 21.6 Å². The first-order chi connectivity index (χ1) is 6.25. The molecule has 0 saturated carbocycles. The van der Waals surface area contributed by atoms with Gasteiger partial charge in [0, 0.05) is 4.88 Å². The first kappa shape index (κ1) is 8.52. The van der Waals surface area contributed by atoms with Gasteiger partial charge in [-0.3, -0.25) is 0 Å². The number of benzene rings is 1. The molecule has 1 heterocycles. The zero-order valence-corrected chi connectivity index (χ0v) is 8.69. The second-order valence-corrected chi connectivity index (χ2v) is 4.27. The largest absolute Gasteiger partial charge is 0.144 e. The van der Waals surface area contributed by atoms with Crippen molar-refractivity contribution in [3.8, 4) is 10.4 Å². The quantitative estimate of drug-likeness (QED) is 0.633. The fraction of sp³-hybridized carbons (Fsp3) is 0.167. The van der Waals surface area contributed by atoms with E-state index in [9.17, 15) is 0 Å². The number of thiophene rings is 1. The zero-order valence-electron chi connectivity index (χ0n) is 7.87. The Morgan fingerprint density at radius 2 is 1.62 bits per heavy atom. The SMILES string of the molecule is Cc1ccc(-c2cc(C)cs2)cc1. The van der Waals surface area contributed by atoms with E-state index in [1.807, 2.05) is 11.3 Å². The Hall–Kier alpha value is -1.08. The third-order valence-electron chi connectivity index (χ3n) is 2.07. The zero-order chi connectivity index (χ0) is 9.26. The second-order valence-electron chi connectivity index (χ2n) is 3.35. The summed E-state index contributed by atoms with van der Waals surface area (Å²) in [6.07, 6.45) is 0. The lowest BCUT2D eigenvalue weighted by atomic mass is 10.1. The maximum atomic E-state index is 2.23. The van der Waals surface area contributed by atoms with Crippen LogP contribution >= 0.6 is 11.3 Å². The fourth-order valence-electron chi connectivity index (χ4n) is 1.30. The molecule has 0 aliphatic rings. The van der Waals surface area contributed by atoms with Crippen molar-refractivity contribution in [1.29, 1.82) is 0 Å². The van der Waals surface area contributed by atoms with Gasteiger partial charge in [0.05, 0.1) is 0 Å². The third-order valence-corrected chi connectivity index (χ3v) is 3.16. The highest BCUT2D eigenvalue weighted by Crippen LogP contribution is 2.26. The molecule has 0 amide bonds. The highest BCUT2D eigenvalue weighted by atomic mass is 32.1. The molecule has 2 rings (SSSR count).